The molecule has 0 saturated heterocycles. The average Bonchev–Trinajstić information content (AvgIpc) is 3.40. The number of carboxylic acid groups (broad SMARTS) is 1. The van der Waals surface area contributed by atoms with E-state index in [-0.39, 0.29) is 36.0 Å². The Morgan fingerprint density at radius 3 is 2.23 bits per heavy atom. The van der Waals surface area contributed by atoms with Gasteiger partial charge >= 0.3 is 29.6 Å². The topological polar surface area (TPSA) is 63.5 Å². The number of carboxylic acids is 1. The summed E-state index contributed by atoms with van der Waals surface area (Å²) in [5.41, 5.74) is 5.70. The molecule has 1 atom stereocenters. The summed E-state index contributed by atoms with van der Waals surface area (Å²) in [7, 11) is 0. The van der Waals surface area contributed by atoms with Gasteiger partial charge in [0.05, 0.1) is 12.6 Å². The van der Waals surface area contributed by atoms with Crippen LogP contribution in [0.1, 0.15) is 74.6 Å². The van der Waals surface area contributed by atoms with E-state index < -0.39 is 12.1 Å². The second-order valence-corrected chi connectivity index (χ2v) is 11.9. The number of carbonyl (C=O) groups excluding carboxylic acids is 1. The predicted octanol–water partition coefficient (Wildman–Crippen LogP) is 4.75. The molecule has 226 valence electrons. The first kappa shape index (κ1) is 33.9. The predicted molar refractivity (Wildman–Crippen MR) is 170 cm³/mol. The Balaban J connectivity index is 0.00000442. The Kier molecular flexibility index (Phi) is 13.0. The summed E-state index contributed by atoms with van der Waals surface area (Å²) in [4.78, 5) is 11.7. The van der Waals surface area contributed by atoms with Crippen molar-refractivity contribution in [3.05, 3.63) is 108 Å². The number of hydrogen-bond acceptors (Lipinski definition) is 4. The zero-order valence-electron chi connectivity index (χ0n) is 26.5. The molecule has 0 amide bonds. The molecule has 1 aliphatic carbocycles. The number of aliphatic carboxylic acids is 1. The second kappa shape index (κ2) is 16.9. The first-order chi connectivity index (χ1) is 21.0. The van der Waals surface area contributed by atoms with E-state index in [1.54, 1.807) is 0 Å². The monoisotopic (exact) mass is 601 g/mol. The number of benzene rings is 3. The largest absolute Gasteiger partial charge is 1.00 e. The SMILES string of the molecule is CCCC1CCC(c2ccc(OCCCn3c(C)ccc3-c3ccc(O[C@H](Cc4ccccc4)C(=O)[O-])cc3)cc2)CC1.[Na+]. The Bertz CT molecular complexity index is 1420. The van der Waals surface area contributed by atoms with Gasteiger partial charge in [0.2, 0.25) is 0 Å². The third-order valence-electron chi connectivity index (χ3n) is 8.84. The van der Waals surface area contributed by atoms with E-state index in [9.17, 15) is 9.90 Å². The number of ether oxygens (including phenoxy) is 2. The Labute approximate surface area is 284 Å². The number of aromatic nitrogens is 1. The van der Waals surface area contributed by atoms with E-state index in [2.05, 4.69) is 54.8 Å². The average molecular weight is 602 g/mol. The van der Waals surface area contributed by atoms with Gasteiger partial charge in [-0.15, -0.1) is 0 Å². The Hall–Kier alpha value is -2.99. The molecule has 0 bridgehead atoms. The molecular formula is C38H44NNaO4. The normalized spacial score (nSPS) is 17.0. The van der Waals surface area contributed by atoms with Gasteiger partial charge in [0, 0.05) is 24.4 Å². The maximum Gasteiger partial charge on any atom is 1.00 e. The van der Waals surface area contributed by atoms with Gasteiger partial charge in [-0.05, 0) is 116 Å². The van der Waals surface area contributed by atoms with Crippen LogP contribution in [0.3, 0.4) is 0 Å². The smallest absolute Gasteiger partial charge is 0.546 e. The number of nitrogens with zero attached hydrogens (tertiary/aromatic N) is 1. The summed E-state index contributed by atoms with van der Waals surface area (Å²) >= 11 is 0. The first-order valence-corrected chi connectivity index (χ1v) is 15.9. The van der Waals surface area contributed by atoms with Crippen LogP contribution in [0.4, 0.5) is 0 Å². The molecule has 1 aliphatic rings. The maximum absolute atomic E-state index is 11.7. The van der Waals surface area contributed by atoms with Crippen LogP contribution in [0.5, 0.6) is 11.5 Å². The molecule has 6 heteroatoms. The van der Waals surface area contributed by atoms with Crippen molar-refractivity contribution in [2.24, 2.45) is 5.92 Å². The van der Waals surface area contributed by atoms with Gasteiger partial charge in [-0.1, -0.05) is 62.2 Å². The molecule has 0 radical (unpaired) electrons. The molecule has 0 aliphatic heterocycles. The van der Waals surface area contributed by atoms with Gasteiger partial charge in [-0.2, -0.15) is 0 Å². The molecule has 0 N–H and O–H groups in total. The summed E-state index contributed by atoms with van der Waals surface area (Å²) in [5.74, 6) is 1.85. The molecular weight excluding hydrogens is 557 g/mol. The van der Waals surface area contributed by atoms with Crippen molar-refractivity contribution in [2.75, 3.05) is 6.61 Å². The minimum absolute atomic E-state index is 0. The van der Waals surface area contributed by atoms with Gasteiger partial charge in [0.1, 0.15) is 17.6 Å². The summed E-state index contributed by atoms with van der Waals surface area (Å²) in [5, 5.41) is 11.7. The van der Waals surface area contributed by atoms with Crippen LogP contribution in [-0.4, -0.2) is 23.2 Å². The molecule has 44 heavy (non-hydrogen) atoms. The fraction of sp³-hybridized carbons (Fsp3) is 0.395. The molecule has 1 heterocycles. The summed E-state index contributed by atoms with van der Waals surface area (Å²) in [6, 6.07) is 30.1. The standard InChI is InChI=1S/C38H45NO4.Na/c1-3-8-29-12-14-31(15-13-29)32-16-20-34(21-17-32)42-26-7-25-39-28(2)11-24-36(39)33-18-22-35(23-19-33)43-37(38(40)41)27-30-9-5-4-6-10-30;/h4-6,9-11,16-24,29,31,37H,3,7-8,12-15,25-27H2,1-2H3,(H,40,41);/q;+1/p-1/t29?,31?,37-;/m1./s1. The van der Waals surface area contributed by atoms with E-state index in [0.29, 0.717) is 18.3 Å². The van der Waals surface area contributed by atoms with Crippen molar-refractivity contribution < 1.29 is 48.9 Å². The molecule has 4 aromatic rings. The van der Waals surface area contributed by atoms with Crippen LogP contribution in [-0.2, 0) is 17.8 Å². The maximum atomic E-state index is 11.7. The van der Waals surface area contributed by atoms with E-state index in [1.807, 2.05) is 54.6 Å². The van der Waals surface area contributed by atoms with Crippen molar-refractivity contribution in [1.82, 2.24) is 4.57 Å². The third-order valence-corrected chi connectivity index (χ3v) is 8.84. The van der Waals surface area contributed by atoms with E-state index in [4.69, 9.17) is 9.47 Å². The minimum atomic E-state index is -1.22. The third kappa shape index (κ3) is 9.26. The van der Waals surface area contributed by atoms with E-state index in [1.165, 1.54) is 49.8 Å². The summed E-state index contributed by atoms with van der Waals surface area (Å²) < 4.78 is 14.2. The van der Waals surface area contributed by atoms with Gasteiger partial charge in [0.15, 0.2) is 0 Å². The number of aryl methyl sites for hydroxylation is 1. The number of hydrogen-bond donors (Lipinski definition) is 0. The summed E-state index contributed by atoms with van der Waals surface area (Å²) in [6.45, 7) is 5.91. The molecule has 3 aromatic carbocycles. The van der Waals surface area contributed by atoms with Crippen molar-refractivity contribution >= 4 is 5.97 Å². The van der Waals surface area contributed by atoms with Crippen LogP contribution in [0.15, 0.2) is 91.0 Å². The molecule has 1 saturated carbocycles. The van der Waals surface area contributed by atoms with Gasteiger partial charge in [-0.25, -0.2) is 0 Å². The number of carbonyl (C=O) groups is 1. The fourth-order valence-corrected chi connectivity index (χ4v) is 6.43. The van der Waals surface area contributed by atoms with Crippen LogP contribution < -0.4 is 44.1 Å². The molecule has 5 nitrogen and oxygen atoms in total. The van der Waals surface area contributed by atoms with Crippen molar-refractivity contribution in [1.29, 1.82) is 0 Å². The van der Waals surface area contributed by atoms with Gasteiger partial charge in [0.25, 0.3) is 0 Å². The Morgan fingerprint density at radius 2 is 1.57 bits per heavy atom. The van der Waals surface area contributed by atoms with Gasteiger partial charge in [-0.3, -0.25) is 0 Å². The van der Waals surface area contributed by atoms with Crippen LogP contribution >= 0.6 is 0 Å². The van der Waals surface area contributed by atoms with Crippen molar-refractivity contribution in [3.8, 4) is 22.8 Å². The molecule has 0 unspecified atom stereocenters. The zero-order chi connectivity index (χ0) is 30.0. The van der Waals surface area contributed by atoms with Crippen LogP contribution in [0, 0.1) is 12.8 Å². The van der Waals surface area contributed by atoms with E-state index in [0.717, 1.165) is 41.5 Å². The van der Waals surface area contributed by atoms with Crippen LogP contribution in [0.25, 0.3) is 11.3 Å². The summed E-state index contributed by atoms with van der Waals surface area (Å²) in [6.07, 6.45) is 8.13. The second-order valence-electron chi connectivity index (χ2n) is 11.9. The number of rotatable bonds is 14. The molecule has 1 fully saturated rings. The first-order valence-electron chi connectivity index (χ1n) is 15.9. The Morgan fingerprint density at radius 1 is 0.886 bits per heavy atom. The fourth-order valence-electron chi connectivity index (χ4n) is 6.43. The van der Waals surface area contributed by atoms with Crippen molar-refractivity contribution in [2.45, 2.75) is 83.8 Å². The van der Waals surface area contributed by atoms with Crippen LogP contribution in [0.2, 0.25) is 0 Å². The molecule has 5 rings (SSSR count). The quantitative estimate of drug-likeness (QED) is 0.155. The van der Waals surface area contributed by atoms with Crippen molar-refractivity contribution in [3.63, 3.8) is 0 Å². The van der Waals surface area contributed by atoms with Gasteiger partial charge < -0.3 is 23.9 Å². The minimum Gasteiger partial charge on any atom is -0.546 e. The molecule has 0 spiro atoms. The van der Waals surface area contributed by atoms with E-state index >= 15 is 0 Å². The zero-order valence-corrected chi connectivity index (χ0v) is 28.5. The molecule has 1 aromatic heterocycles.